The van der Waals surface area contributed by atoms with Crippen molar-refractivity contribution >= 4 is 5.97 Å². The Morgan fingerprint density at radius 2 is 2.06 bits per heavy atom. The van der Waals surface area contributed by atoms with Gasteiger partial charge in [-0.2, -0.15) is 5.10 Å². The summed E-state index contributed by atoms with van der Waals surface area (Å²) in [7, 11) is 1.75. The van der Waals surface area contributed by atoms with Crippen LogP contribution in [0.3, 0.4) is 0 Å². The molecular formula is C13H14N2O2. The standard InChI is InChI=1S/C13H14N2O2/c1-8-5-4-6-10(9(8)2)12-7-11(13(16)17)14-15(12)3/h4-7H,1-3H3,(H,16,17). The van der Waals surface area contributed by atoms with Crippen LogP contribution in [0.4, 0.5) is 0 Å². The molecule has 1 aromatic heterocycles. The lowest BCUT2D eigenvalue weighted by Crippen LogP contribution is -1.99. The van der Waals surface area contributed by atoms with E-state index in [-0.39, 0.29) is 5.69 Å². The van der Waals surface area contributed by atoms with Gasteiger partial charge in [0.1, 0.15) is 0 Å². The Bertz CT molecular complexity index is 585. The zero-order valence-corrected chi connectivity index (χ0v) is 10.1. The van der Waals surface area contributed by atoms with Crippen LogP contribution in [0, 0.1) is 13.8 Å². The third-order valence-corrected chi connectivity index (χ3v) is 2.98. The van der Waals surface area contributed by atoms with E-state index in [9.17, 15) is 4.79 Å². The average molecular weight is 230 g/mol. The van der Waals surface area contributed by atoms with Gasteiger partial charge in [-0.15, -0.1) is 0 Å². The zero-order valence-electron chi connectivity index (χ0n) is 10.1. The maximum absolute atomic E-state index is 10.9. The van der Waals surface area contributed by atoms with Gasteiger partial charge < -0.3 is 5.11 Å². The molecule has 1 N–H and O–H groups in total. The van der Waals surface area contributed by atoms with Crippen LogP contribution in [0.2, 0.25) is 0 Å². The lowest BCUT2D eigenvalue weighted by Gasteiger charge is -2.08. The maximum Gasteiger partial charge on any atom is 0.356 e. The van der Waals surface area contributed by atoms with Crippen molar-refractivity contribution in [3.63, 3.8) is 0 Å². The van der Waals surface area contributed by atoms with E-state index in [2.05, 4.69) is 5.10 Å². The molecular weight excluding hydrogens is 216 g/mol. The first-order chi connectivity index (χ1) is 8.00. The summed E-state index contributed by atoms with van der Waals surface area (Å²) in [5.41, 5.74) is 4.24. The normalized spacial score (nSPS) is 10.5. The summed E-state index contributed by atoms with van der Waals surface area (Å²) in [4.78, 5) is 10.9. The molecule has 0 saturated carbocycles. The summed E-state index contributed by atoms with van der Waals surface area (Å²) in [6.45, 7) is 4.06. The molecule has 0 amide bonds. The van der Waals surface area contributed by atoms with E-state index in [4.69, 9.17) is 5.11 Å². The van der Waals surface area contributed by atoms with Gasteiger partial charge >= 0.3 is 5.97 Å². The highest BCUT2D eigenvalue weighted by Crippen LogP contribution is 2.25. The fraction of sp³-hybridized carbons (Fsp3) is 0.231. The van der Waals surface area contributed by atoms with Crippen molar-refractivity contribution < 1.29 is 9.90 Å². The Balaban J connectivity index is 2.60. The van der Waals surface area contributed by atoms with Crippen LogP contribution in [0.15, 0.2) is 24.3 Å². The first-order valence-corrected chi connectivity index (χ1v) is 5.34. The molecule has 0 atom stereocenters. The van der Waals surface area contributed by atoms with Crippen molar-refractivity contribution in [2.45, 2.75) is 13.8 Å². The van der Waals surface area contributed by atoms with Crippen LogP contribution in [0.25, 0.3) is 11.3 Å². The number of hydrogen-bond acceptors (Lipinski definition) is 2. The minimum atomic E-state index is -1.00. The van der Waals surface area contributed by atoms with Crippen molar-refractivity contribution in [2.75, 3.05) is 0 Å². The Morgan fingerprint density at radius 1 is 1.35 bits per heavy atom. The number of rotatable bonds is 2. The van der Waals surface area contributed by atoms with Crippen LogP contribution in [-0.2, 0) is 7.05 Å². The van der Waals surface area contributed by atoms with E-state index in [1.807, 2.05) is 32.0 Å². The number of carboxylic acids is 1. The second-order valence-electron chi connectivity index (χ2n) is 4.09. The first kappa shape index (κ1) is 11.4. The van der Waals surface area contributed by atoms with Gasteiger partial charge in [-0.25, -0.2) is 4.79 Å². The number of aromatic nitrogens is 2. The summed E-state index contributed by atoms with van der Waals surface area (Å²) < 4.78 is 1.60. The predicted octanol–water partition coefficient (Wildman–Crippen LogP) is 2.40. The van der Waals surface area contributed by atoms with Gasteiger partial charge in [0.25, 0.3) is 0 Å². The van der Waals surface area contributed by atoms with E-state index >= 15 is 0 Å². The molecule has 0 saturated heterocycles. The van der Waals surface area contributed by atoms with Gasteiger partial charge in [-0.05, 0) is 31.0 Å². The summed E-state index contributed by atoms with van der Waals surface area (Å²) in [5, 5.41) is 12.9. The molecule has 1 aromatic carbocycles. The Hall–Kier alpha value is -2.10. The van der Waals surface area contributed by atoms with E-state index in [0.717, 1.165) is 16.8 Å². The summed E-state index contributed by atoms with van der Waals surface area (Å²) in [6, 6.07) is 7.58. The van der Waals surface area contributed by atoms with Crippen molar-refractivity contribution in [3.8, 4) is 11.3 Å². The fourth-order valence-corrected chi connectivity index (χ4v) is 1.85. The minimum absolute atomic E-state index is 0.0726. The number of aryl methyl sites for hydroxylation is 2. The number of hydrogen-bond donors (Lipinski definition) is 1. The molecule has 2 aromatic rings. The van der Waals surface area contributed by atoms with Crippen LogP contribution in [0.1, 0.15) is 21.6 Å². The van der Waals surface area contributed by atoms with Gasteiger partial charge in [0.15, 0.2) is 5.69 Å². The molecule has 0 aliphatic heterocycles. The van der Waals surface area contributed by atoms with Crippen molar-refractivity contribution in [1.29, 1.82) is 0 Å². The molecule has 17 heavy (non-hydrogen) atoms. The molecule has 0 fully saturated rings. The molecule has 4 heteroatoms. The molecule has 0 aliphatic carbocycles. The molecule has 0 radical (unpaired) electrons. The second-order valence-corrected chi connectivity index (χ2v) is 4.09. The van der Waals surface area contributed by atoms with Gasteiger partial charge in [0.05, 0.1) is 5.69 Å². The largest absolute Gasteiger partial charge is 0.476 e. The number of benzene rings is 1. The third-order valence-electron chi connectivity index (χ3n) is 2.98. The molecule has 0 aliphatic rings. The van der Waals surface area contributed by atoms with E-state index in [1.54, 1.807) is 17.8 Å². The quantitative estimate of drug-likeness (QED) is 0.861. The predicted molar refractivity (Wildman–Crippen MR) is 65.1 cm³/mol. The van der Waals surface area contributed by atoms with E-state index < -0.39 is 5.97 Å². The maximum atomic E-state index is 10.9. The highest BCUT2D eigenvalue weighted by molar-refractivity contribution is 5.87. The number of carboxylic acid groups (broad SMARTS) is 1. The summed E-state index contributed by atoms with van der Waals surface area (Å²) in [5.74, 6) is -1.00. The Labute approximate surface area is 99.5 Å². The number of nitrogens with zero attached hydrogens (tertiary/aromatic N) is 2. The molecule has 0 spiro atoms. The first-order valence-electron chi connectivity index (χ1n) is 5.34. The molecule has 0 unspecified atom stereocenters. The van der Waals surface area contributed by atoms with Crippen molar-refractivity contribution in [2.24, 2.45) is 7.05 Å². The average Bonchev–Trinajstić information content (AvgIpc) is 2.65. The smallest absolute Gasteiger partial charge is 0.356 e. The minimum Gasteiger partial charge on any atom is -0.476 e. The lowest BCUT2D eigenvalue weighted by atomic mass is 10.0. The molecule has 2 rings (SSSR count). The zero-order chi connectivity index (χ0) is 12.6. The number of carbonyl (C=O) groups is 1. The van der Waals surface area contributed by atoms with Crippen molar-refractivity contribution in [1.82, 2.24) is 9.78 Å². The van der Waals surface area contributed by atoms with Crippen LogP contribution in [-0.4, -0.2) is 20.9 Å². The van der Waals surface area contributed by atoms with Crippen LogP contribution >= 0.6 is 0 Å². The monoisotopic (exact) mass is 230 g/mol. The molecule has 88 valence electrons. The van der Waals surface area contributed by atoms with Gasteiger partial charge in [-0.1, -0.05) is 18.2 Å². The van der Waals surface area contributed by atoms with Gasteiger partial charge in [0, 0.05) is 12.6 Å². The lowest BCUT2D eigenvalue weighted by molar-refractivity contribution is 0.0689. The SMILES string of the molecule is Cc1cccc(-c2cc(C(=O)O)nn2C)c1C. The molecule has 1 heterocycles. The van der Waals surface area contributed by atoms with E-state index in [0.29, 0.717) is 0 Å². The summed E-state index contributed by atoms with van der Waals surface area (Å²) in [6.07, 6.45) is 0. The second kappa shape index (κ2) is 4.05. The fourth-order valence-electron chi connectivity index (χ4n) is 1.85. The number of aromatic carboxylic acids is 1. The van der Waals surface area contributed by atoms with Crippen LogP contribution < -0.4 is 0 Å². The van der Waals surface area contributed by atoms with E-state index in [1.165, 1.54) is 5.56 Å². The van der Waals surface area contributed by atoms with Gasteiger partial charge in [-0.3, -0.25) is 4.68 Å². The highest BCUT2D eigenvalue weighted by Gasteiger charge is 2.14. The van der Waals surface area contributed by atoms with Crippen LogP contribution in [0.5, 0.6) is 0 Å². The topological polar surface area (TPSA) is 55.1 Å². The van der Waals surface area contributed by atoms with Gasteiger partial charge in [0.2, 0.25) is 0 Å². The third kappa shape index (κ3) is 1.93. The van der Waals surface area contributed by atoms with Crippen molar-refractivity contribution in [3.05, 3.63) is 41.1 Å². The summed E-state index contributed by atoms with van der Waals surface area (Å²) >= 11 is 0. The highest BCUT2D eigenvalue weighted by atomic mass is 16.4. The Kier molecular flexibility index (Phi) is 2.71. The molecule has 0 bridgehead atoms. The Morgan fingerprint density at radius 3 is 2.65 bits per heavy atom. The molecule has 4 nitrogen and oxygen atoms in total.